The SMILES string of the molecule is CS(=O)(=O)N(CC(=O)Nc1cccc(Cl)c1Cl)c1cccc(Cl)c1. The van der Waals surface area contributed by atoms with Crippen LogP contribution in [0.3, 0.4) is 0 Å². The first-order chi connectivity index (χ1) is 11.2. The maximum absolute atomic E-state index is 12.2. The third-order valence-corrected chi connectivity index (χ3v) is 5.20. The minimum absolute atomic E-state index is 0.182. The number of amides is 1. The van der Waals surface area contributed by atoms with E-state index in [4.69, 9.17) is 34.8 Å². The first-order valence-electron chi connectivity index (χ1n) is 6.65. The van der Waals surface area contributed by atoms with E-state index >= 15 is 0 Å². The van der Waals surface area contributed by atoms with Crippen molar-refractivity contribution >= 4 is 62.1 Å². The highest BCUT2D eigenvalue weighted by atomic mass is 35.5. The third kappa shape index (κ3) is 4.77. The van der Waals surface area contributed by atoms with Crippen LogP contribution in [0.1, 0.15) is 0 Å². The van der Waals surface area contributed by atoms with Gasteiger partial charge in [-0.15, -0.1) is 0 Å². The Labute approximate surface area is 155 Å². The second kappa shape index (κ2) is 7.61. The minimum atomic E-state index is -3.69. The topological polar surface area (TPSA) is 66.5 Å². The summed E-state index contributed by atoms with van der Waals surface area (Å²) in [6.07, 6.45) is 1.01. The number of sulfonamides is 1. The molecule has 2 aromatic rings. The van der Waals surface area contributed by atoms with Crippen molar-refractivity contribution in [3.8, 4) is 0 Å². The Bertz CT molecular complexity index is 872. The van der Waals surface area contributed by atoms with Gasteiger partial charge in [0, 0.05) is 5.02 Å². The summed E-state index contributed by atoms with van der Waals surface area (Å²) in [5.41, 5.74) is 0.589. The summed E-state index contributed by atoms with van der Waals surface area (Å²) in [4.78, 5) is 12.2. The molecule has 0 bridgehead atoms. The van der Waals surface area contributed by atoms with Crippen molar-refractivity contribution in [3.05, 3.63) is 57.5 Å². The highest BCUT2D eigenvalue weighted by Crippen LogP contribution is 2.29. The molecule has 0 spiro atoms. The van der Waals surface area contributed by atoms with E-state index < -0.39 is 22.5 Å². The molecule has 9 heteroatoms. The number of nitrogens with zero attached hydrogens (tertiary/aromatic N) is 1. The quantitative estimate of drug-likeness (QED) is 0.813. The van der Waals surface area contributed by atoms with Crippen LogP contribution in [0.2, 0.25) is 15.1 Å². The zero-order valence-corrected chi connectivity index (χ0v) is 15.5. The molecule has 2 aromatic carbocycles. The smallest absolute Gasteiger partial charge is 0.245 e. The predicted molar refractivity (Wildman–Crippen MR) is 98.7 cm³/mol. The van der Waals surface area contributed by atoms with Crippen LogP contribution in [0.25, 0.3) is 0 Å². The molecule has 0 saturated carbocycles. The normalized spacial score (nSPS) is 11.2. The molecule has 0 aliphatic carbocycles. The number of nitrogens with one attached hydrogen (secondary N) is 1. The second-order valence-electron chi connectivity index (χ2n) is 4.90. The van der Waals surface area contributed by atoms with Gasteiger partial charge in [-0.1, -0.05) is 46.9 Å². The number of hydrogen-bond donors (Lipinski definition) is 1. The van der Waals surface area contributed by atoms with Crippen LogP contribution in [0.4, 0.5) is 11.4 Å². The van der Waals surface area contributed by atoms with Gasteiger partial charge < -0.3 is 5.32 Å². The molecule has 0 fully saturated rings. The lowest BCUT2D eigenvalue weighted by molar-refractivity contribution is -0.114. The Morgan fingerprint density at radius 3 is 2.42 bits per heavy atom. The van der Waals surface area contributed by atoms with Gasteiger partial charge in [0.05, 0.1) is 27.7 Å². The molecule has 128 valence electrons. The maximum atomic E-state index is 12.2. The molecule has 0 aromatic heterocycles. The molecule has 0 atom stereocenters. The van der Waals surface area contributed by atoms with Crippen LogP contribution in [0.15, 0.2) is 42.5 Å². The number of rotatable bonds is 5. The van der Waals surface area contributed by atoms with Crippen LogP contribution in [0.5, 0.6) is 0 Å². The Morgan fingerprint density at radius 2 is 1.79 bits per heavy atom. The van der Waals surface area contributed by atoms with E-state index in [1.807, 2.05) is 0 Å². The molecule has 24 heavy (non-hydrogen) atoms. The molecular weight excluding hydrogens is 395 g/mol. The van der Waals surface area contributed by atoms with Crippen LogP contribution >= 0.6 is 34.8 Å². The molecule has 0 radical (unpaired) electrons. The molecule has 0 aliphatic heterocycles. The van der Waals surface area contributed by atoms with E-state index in [1.165, 1.54) is 6.07 Å². The Balaban J connectivity index is 2.24. The third-order valence-electron chi connectivity index (χ3n) is 3.01. The minimum Gasteiger partial charge on any atom is -0.323 e. The van der Waals surface area contributed by atoms with Gasteiger partial charge in [0.15, 0.2) is 0 Å². The fourth-order valence-electron chi connectivity index (χ4n) is 1.95. The lowest BCUT2D eigenvalue weighted by atomic mass is 10.3. The average Bonchev–Trinajstić information content (AvgIpc) is 2.48. The number of carbonyl (C=O) groups is 1. The van der Waals surface area contributed by atoms with Crippen molar-refractivity contribution in [3.63, 3.8) is 0 Å². The first-order valence-corrected chi connectivity index (χ1v) is 9.64. The van der Waals surface area contributed by atoms with Crippen molar-refractivity contribution in [2.45, 2.75) is 0 Å². The fourth-order valence-corrected chi connectivity index (χ4v) is 3.33. The molecule has 0 saturated heterocycles. The number of benzene rings is 2. The summed E-state index contributed by atoms with van der Waals surface area (Å²) in [5, 5.41) is 3.37. The van der Waals surface area contributed by atoms with Crippen LogP contribution in [-0.4, -0.2) is 27.1 Å². The summed E-state index contributed by atoms with van der Waals surface area (Å²) in [6.45, 7) is -0.429. The lowest BCUT2D eigenvalue weighted by Gasteiger charge is -2.22. The van der Waals surface area contributed by atoms with Gasteiger partial charge in [-0.3, -0.25) is 9.10 Å². The van der Waals surface area contributed by atoms with E-state index in [2.05, 4.69) is 5.32 Å². The summed E-state index contributed by atoms with van der Waals surface area (Å²) >= 11 is 17.8. The molecule has 1 amide bonds. The highest BCUT2D eigenvalue weighted by Gasteiger charge is 2.21. The summed E-state index contributed by atoms with van der Waals surface area (Å²) in [6, 6.07) is 11.0. The van der Waals surface area contributed by atoms with Crippen molar-refractivity contribution in [2.24, 2.45) is 0 Å². The van der Waals surface area contributed by atoms with E-state index in [0.717, 1.165) is 10.6 Å². The largest absolute Gasteiger partial charge is 0.323 e. The van der Waals surface area contributed by atoms with Gasteiger partial charge in [-0.05, 0) is 30.3 Å². The Hall–Kier alpha value is -1.47. The monoisotopic (exact) mass is 406 g/mol. The molecular formula is C15H13Cl3N2O3S. The van der Waals surface area contributed by atoms with Gasteiger partial charge in [0.1, 0.15) is 6.54 Å². The number of anilines is 2. The number of halogens is 3. The Kier molecular flexibility index (Phi) is 5.98. The molecule has 0 unspecified atom stereocenters. The first kappa shape index (κ1) is 18.9. The second-order valence-corrected chi connectivity index (χ2v) is 8.03. The van der Waals surface area contributed by atoms with E-state index in [0.29, 0.717) is 10.7 Å². The van der Waals surface area contributed by atoms with Crippen molar-refractivity contribution in [1.82, 2.24) is 0 Å². The van der Waals surface area contributed by atoms with E-state index in [-0.39, 0.29) is 15.7 Å². The highest BCUT2D eigenvalue weighted by molar-refractivity contribution is 7.92. The van der Waals surface area contributed by atoms with Gasteiger partial charge in [0.25, 0.3) is 0 Å². The van der Waals surface area contributed by atoms with Gasteiger partial charge in [-0.25, -0.2) is 8.42 Å². The molecule has 0 aliphatic rings. The number of hydrogen-bond acceptors (Lipinski definition) is 3. The van der Waals surface area contributed by atoms with Crippen molar-refractivity contribution in [2.75, 3.05) is 22.4 Å². The standard InChI is InChI=1S/C15H13Cl3N2O3S/c1-24(22,23)20(11-5-2-4-10(16)8-11)9-14(21)19-13-7-3-6-12(17)15(13)18/h2-8H,9H2,1H3,(H,19,21). The van der Waals surface area contributed by atoms with Crippen molar-refractivity contribution in [1.29, 1.82) is 0 Å². The van der Waals surface area contributed by atoms with E-state index in [1.54, 1.807) is 36.4 Å². The molecule has 1 N–H and O–H groups in total. The van der Waals surface area contributed by atoms with Gasteiger partial charge in [0.2, 0.25) is 15.9 Å². The average molecular weight is 408 g/mol. The summed E-state index contributed by atoms with van der Waals surface area (Å²) in [7, 11) is -3.69. The predicted octanol–water partition coefficient (Wildman–Crippen LogP) is 4.05. The van der Waals surface area contributed by atoms with Gasteiger partial charge >= 0.3 is 0 Å². The van der Waals surface area contributed by atoms with Gasteiger partial charge in [-0.2, -0.15) is 0 Å². The fraction of sp³-hybridized carbons (Fsp3) is 0.133. The van der Waals surface area contributed by atoms with E-state index in [9.17, 15) is 13.2 Å². The Morgan fingerprint density at radius 1 is 1.12 bits per heavy atom. The molecule has 5 nitrogen and oxygen atoms in total. The van der Waals surface area contributed by atoms with Crippen LogP contribution < -0.4 is 9.62 Å². The summed E-state index contributed by atoms with van der Waals surface area (Å²) in [5.74, 6) is -0.565. The lowest BCUT2D eigenvalue weighted by Crippen LogP contribution is -2.37. The molecule has 0 heterocycles. The van der Waals surface area contributed by atoms with Crippen molar-refractivity contribution < 1.29 is 13.2 Å². The maximum Gasteiger partial charge on any atom is 0.245 e. The number of carbonyl (C=O) groups excluding carboxylic acids is 1. The van der Waals surface area contributed by atoms with Crippen LogP contribution in [0, 0.1) is 0 Å². The zero-order chi connectivity index (χ0) is 17.9. The van der Waals surface area contributed by atoms with Crippen LogP contribution in [-0.2, 0) is 14.8 Å². The zero-order valence-electron chi connectivity index (χ0n) is 12.5. The summed E-state index contributed by atoms with van der Waals surface area (Å²) < 4.78 is 25.0. The molecule has 2 rings (SSSR count).